The van der Waals surface area contributed by atoms with Crippen LogP contribution in [0.1, 0.15) is 33.1 Å². The van der Waals surface area contributed by atoms with E-state index in [-0.39, 0.29) is 6.42 Å². The molecule has 2 nitrogen and oxygen atoms in total. The van der Waals surface area contributed by atoms with Crippen molar-refractivity contribution < 1.29 is 13.2 Å². The standard InChI is InChI=1S/C11H23F3N2/c1-9(2)6-10(7-15)8-16-5-3-4-11(12,13)14/h9-10,16H,3-8,15H2,1-2H3. The third-order valence-corrected chi connectivity index (χ3v) is 2.38. The van der Waals surface area contributed by atoms with Gasteiger partial charge in [0.15, 0.2) is 0 Å². The maximum absolute atomic E-state index is 11.8. The molecule has 1 atom stereocenters. The topological polar surface area (TPSA) is 38.0 Å². The summed E-state index contributed by atoms with van der Waals surface area (Å²) in [6.07, 6.45) is -3.59. The summed E-state index contributed by atoms with van der Waals surface area (Å²) in [5.74, 6) is 0.941. The molecule has 0 aromatic carbocycles. The minimum absolute atomic E-state index is 0.141. The van der Waals surface area contributed by atoms with E-state index in [0.29, 0.717) is 31.5 Å². The third-order valence-electron chi connectivity index (χ3n) is 2.38. The Kier molecular flexibility index (Phi) is 7.76. The lowest BCUT2D eigenvalue weighted by Gasteiger charge is -2.17. The van der Waals surface area contributed by atoms with Crippen LogP contribution in [0.3, 0.4) is 0 Å². The summed E-state index contributed by atoms with van der Waals surface area (Å²) in [6.45, 7) is 5.95. The first-order valence-corrected chi connectivity index (χ1v) is 5.82. The van der Waals surface area contributed by atoms with Crippen LogP contribution in [0.5, 0.6) is 0 Å². The predicted molar refractivity (Wildman–Crippen MR) is 60.2 cm³/mol. The molecule has 98 valence electrons. The van der Waals surface area contributed by atoms with Gasteiger partial charge in [-0.25, -0.2) is 0 Å². The van der Waals surface area contributed by atoms with Crippen molar-refractivity contribution in [2.24, 2.45) is 17.6 Å². The molecule has 0 aliphatic carbocycles. The lowest BCUT2D eigenvalue weighted by Crippen LogP contribution is -2.30. The molecule has 0 aliphatic heterocycles. The predicted octanol–water partition coefficient (Wildman–Crippen LogP) is 2.54. The van der Waals surface area contributed by atoms with Gasteiger partial charge in [-0.1, -0.05) is 13.8 Å². The minimum Gasteiger partial charge on any atom is -0.330 e. The summed E-state index contributed by atoms with van der Waals surface area (Å²) in [6, 6.07) is 0. The SMILES string of the molecule is CC(C)CC(CN)CNCCCC(F)(F)F. The summed E-state index contributed by atoms with van der Waals surface area (Å²) < 4.78 is 35.5. The van der Waals surface area contributed by atoms with Crippen molar-refractivity contribution in [3.63, 3.8) is 0 Å². The van der Waals surface area contributed by atoms with Crippen LogP contribution in [0.4, 0.5) is 13.2 Å². The Hall–Kier alpha value is -0.290. The Morgan fingerprint density at radius 3 is 2.31 bits per heavy atom. The van der Waals surface area contributed by atoms with Gasteiger partial charge >= 0.3 is 6.18 Å². The van der Waals surface area contributed by atoms with Crippen molar-refractivity contribution in [3.8, 4) is 0 Å². The van der Waals surface area contributed by atoms with E-state index in [9.17, 15) is 13.2 Å². The molecule has 0 rings (SSSR count). The highest BCUT2D eigenvalue weighted by molar-refractivity contribution is 4.65. The van der Waals surface area contributed by atoms with Crippen LogP contribution in [0.15, 0.2) is 0 Å². The summed E-state index contributed by atoms with van der Waals surface area (Å²) in [7, 11) is 0. The molecule has 0 heterocycles. The molecular formula is C11H23F3N2. The first kappa shape index (κ1) is 15.7. The lowest BCUT2D eigenvalue weighted by atomic mass is 9.97. The highest BCUT2D eigenvalue weighted by atomic mass is 19.4. The van der Waals surface area contributed by atoms with E-state index in [4.69, 9.17) is 5.73 Å². The molecule has 0 radical (unpaired) electrons. The summed E-state index contributed by atoms with van der Waals surface area (Å²) in [5.41, 5.74) is 5.59. The average molecular weight is 240 g/mol. The first-order valence-electron chi connectivity index (χ1n) is 5.82. The normalized spacial score (nSPS) is 14.4. The van der Waals surface area contributed by atoms with Gasteiger partial charge in [0.1, 0.15) is 0 Å². The number of hydrogen-bond donors (Lipinski definition) is 2. The molecule has 3 N–H and O–H groups in total. The zero-order valence-electron chi connectivity index (χ0n) is 10.1. The monoisotopic (exact) mass is 240 g/mol. The molecule has 0 spiro atoms. The van der Waals surface area contributed by atoms with Gasteiger partial charge < -0.3 is 11.1 Å². The molecule has 0 aliphatic rings. The van der Waals surface area contributed by atoms with Crippen LogP contribution in [0, 0.1) is 11.8 Å². The molecule has 0 bridgehead atoms. The van der Waals surface area contributed by atoms with Crippen molar-refractivity contribution in [2.75, 3.05) is 19.6 Å². The summed E-state index contributed by atoms with van der Waals surface area (Å²) >= 11 is 0. The Bertz CT molecular complexity index is 169. The maximum atomic E-state index is 11.8. The third kappa shape index (κ3) is 10.2. The van der Waals surface area contributed by atoms with E-state index < -0.39 is 12.6 Å². The molecule has 0 saturated carbocycles. The molecule has 0 saturated heterocycles. The highest BCUT2D eigenvalue weighted by Crippen LogP contribution is 2.20. The molecule has 16 heavy (non-hydrogen) atoms. The zero-order chi connectivity index (χ0) is 12.6. The molecule has 5 heteroatoms. The second-order valence-corrected chi connectivity index (χ2v) is 4.65. The van der Waals surface area contributed by atoms with Crippen LogP contribution in [-0.4, -0.2) is 25.8 Å². The van der Waals surface area contributed by atoms with Gasteiger partial charge in [0.05, 0.1) is 0 Å². The molecule has 0 aromatic rings. The number of nitrogens with one attached hydrogen (secondary N) is 1. The van der Waals surface area contributed by atoms with E-state index in [1.807, 2.05) is 0 Å². The molecule has 0 aromatic heterocycles. The number of alkyl halides is 3. The number of halogens is 3. The van der Waals surface area contributed by atoms with Gasteiger partial charge in [0, 0.05) is 6.42 Å². The second kappa shape index (κ2) is 7.90. The van der Waals surface area contributed by atoms with Crippen LogP contribution >= 0.6 is 0 Å². The van der Waals surface area contributed by atoms with Crippen LogP contribution < -0.4 is 11.1 Å². The Labute approximate surface area is 95.8 Å². The Balaban J connectivity index is 3.48. The van der Waals surface area contributed by atoms with Gasteiger partial charge in [-0.15, -0.1) is 0 Å². The lowest BCUT2D eigenvalue weighted by molar-refractivity contribution is -0.135. The van der Waals surface area contributed by atoms with Gasteiger partial charge in [-0.05, 0) is 44.3 Å². The zero-order valence-corrected chi connectivity index (χ0v) is 10.1. The fraction of sp³-hybridized carbons (Fsp3) is 1.00. The molecule has 0 amide bonds. The number of hydrogen-bond acceptors (Lipinski definition) is 2. The van der Waals surface area contributed by atoms with Gasteiger partial charge in [0.25, 0.3) is 0 Å². The summed E-state index contributed by atoms with van der Waals surface area (Å²) in [5, 5.41) is 3.03. The van der Waals surface area contributed by atoms with Crippen molar-refractivity contribution in [1.82, 2.24) is 5.32 Å². The largest absolute Gasteiger partial charge is 0.389 e. The van der Waals surface area contributed by atoms with Crippen LogP contribution in [0.2, 0.25) is 0 Å². The quantitative estimate of drug-likeness (QED) is 0.640. The second-order valence-electron chi connectivity index (χ2n) is 4.65. The Morgan fingerprint density at radius 2 is 1.88 bits per heavy atom. The smallest absolute Gasteiger partial charge is 0.330 e. The van der Waals surface area contributed by atoms with Gasteiger partial charge in [0.2, 0.25) is 0 Å². The average Bonchev–Trinajstić information content (AvgIpc) is 2.13. The van der Waals surface area contributed by atoms with E-state index in [1.165, 1.54) is 0 Å². The summed E-state index contributed by atoms with van der Waals surface area (Å²) in [4.78, 5) is 0. The van der Waals surface area contributed by atoms with E-state index in [2.05, 4.69) is 19.2 Å². The van der Waals surface area contributed by atoms with Crippen LogP contribution in [-0.2, 0) is 0 Å². The van der Waals surface area contributed by atoms with Crippen molar-refractivity contribution in [3.05, 3.63) is 0 Å². The van der Waals surface area contributed by atoms with Crippen molar-refractivity contribution >= 4 is 0 Å². The minimum atomic E-state index is -4.03. The van der Waals surface area contributed by atoms with Gasteiger partial charge in [-0.2, -0.15) is 13.2 Å². The number of nitrogens with two attached hydrogens (primary N) is 1. The van der Waals surface area contributed by atoms with E-state index in [1.54, 1.807) is 0 Å². The van der Waals surface area contributed by atoms with Crippen LogP contribution in [0.25, 0.3) is 0 Å². The fourth-order valence-corrected chi connectivity index (χ4v) is 1.65. The maximum Gasteiger partial charge on any atom is 0.389 e. The van der Waals surface area contributed by atoms with Crippen molar-refractivity contribution in [2.45, 2.75) is 39.3 Å². The van der Waals surface area contributed by atoms with E-state index in [0.717, 1.165) is 6.42 Å². The van der Waals surface area contributed by atoms with E-state index >= 15 is 0 Å². The molecule has 0 fully saturated rings. The molecule has 1 unspecified atom stereocenters. The van der Waals surface area contributed by atoms with Gasteiger partial charge in [-0.3, -0.25) is 0 Å². The molecular weight excluding hydrogens is 217 g/mol. The number of rotatable bonds is 8. The first-order chi connectivity index (χ1) is 7.35. The highest BCUT2D eigenvalue weighted by Gasteiger charge is 2.25. The Morgan fingerprint density at radius 1 is 1.25 bits per heavy atom. The van der Waals surface area contributed by atoms with Crippen molar-refractivity contribution in [1.29, 1.82) is 0 Å². The fourth-order valence-electron chi connectivity index (χ4n) is 1.65.